The summed E-state index contributed by atoms with van der Waals surface area (Å²) >= 11 is 0. The summed E-state index contributed by atoms with van der Waals surface area (Å²) in [5, 5.41) is 14.7. The molecule has 2 rings (SSSR count). The van der Waals surface area contributed by atoms with Gasteiger partial charge in [-0.3, -0.25) is 14.9 Å². The van der Waals surface area contributed by atoms with Crippen LogP contribution >= 0.6 is 0 Å². The molecule has 1 heterocycles. The Kier molecular flexibility index (Phi) is 5.99. The average Bonchev–Trinajstić information content (AvgIpc) is 2.94. The van der Waals surface area contributed by atoms with Gasteiger partial charge in [0, 0.05) is 23.1 Å². The van der Waals surface area contributed by atoms with Crippen molar-refractivity contribution < 1.29 is 28.6 Å². The standard InChI is InChI=1S/C17H20N2O6/c1-3-10(2)18-17(23)19-15(21)9-25-16(22)6-11-8-24-14-7-12(20)4-5-13(11)14/h4-5,7-8,10,20H,3,6,9H2,1-2H3,(H2,18,19,21,23)/t10-/m1/s1. The van der Waals surface area contributed by atoms with Gasteiger partial charge >= 0.3 is 12.0 Å². The van der Waals surface area contributed by atoms with Crippen molar-refractivity contribution in [2.45, 2.75) is 32.7 Å². The van der Waals surface area contributed by atoms with E-state index in [-0.39, 0.29) is 18.2 Å². The molecule has 0 aliphatic rings. The second-order valence-corrected chi connectivity index (χ2v) is 5.61. The van der Waals surface area contributed by atoms with Crippen molar-refractivity contribution >= 4 is 28.9 Å². The summed E-state index contributed by atoms with van der Waals surface area (Å²) in [6.45, 7) is 3.15. The molecule has 0 radical (unpaired) electrons. The fourth-order valence-corrected chi connectivity index (χ4v) is 2.09. The van der Waals surface area contributed by atoms with Crippen LogP contribution in [0.15, 0.2) is 28.9 Å². The van der Waals surface area contributed by atoms with Gasteiger partial charge in [0.1, 0.15) is 11.3 Å². The SMILES string of the molecule is CC[C@@H](C)NC(=O)NC(=O)COC(=O)Cc1coc2cc(O)ccc12. The fourth-order valence-electron chi connectivity index (χ4n) is 2.09. The number of hydrogen-bond donors (Lipinski definition) is 3. The number of carbonyl (C=O) groups excluding carboxylic acids is 3. The van der Waals surface area contributed by atoms with Crippen LogP contribution in [-0.4, -0.2) is 35.7 Å². The quantitative estimate of drug-likeness (QED) is 0.686. The highest BCUT2D eigenvalue weighted by molar-refractivity contribution is 5.95. The van der Waals surface area contributed by atoms with Crippen LogP contribution in [0.1, 0.15) is 25.8 Å². The summed E-state index contributed by atoms with van der Waals surface area (Å²) in [5.41, 5.74) is 1.03. The number of ether oxygens (including phenoxy) is 1. The Morgan fingerprint density at radius 2 is 2.08 bits per heavy atom. The number of imide groups is 1. The molecule has 1 aromatic carbocycles. The summed E-state index contributed by atoms with van der Waals surface area (Å²) in [4.78, 5) is 34.9. The Morgan fingerprint density at radius 3 is 2.80 bits per heavy atom. The number of hydrogen-bond acceptors (Lipinski definition) is 6. The molecule has 8 heteroatoms. The van der Waals surface area contributed by atoms with Crippen molar-refractivity contribution in [3.63, 3.8) is 0 Å². The number of amides is 3. The number of fused-ring (bicyclic) bond motifs is 1. The van der Waals surface area contributed by atoms with Crippen LogP contribution < -0.4 is 10.6 Å². The molecule has 1 aromatic heterocycles. The van der Waals surface area contributed by atoms with Crippen LogP contribution in [0.4, 0.5) is 4.79 Å². The maximum atomic E-state index is 11.8. The van der Waals surface area contributed by atoms with E-state index in [9.17, 15) is 19.5 Å². The second-order valence-electron chi connectivity index (χ2n) is 5.61. The molecular weight excluding hydrogens is 328 g/mol. The molecular formula is C17H20N2O6. The summed E-state index contributed by atoms with van der Waals surface area (Å²) in [6, 6.07) is 3.85. The zero-order chi connectivity index (χ0) is 18.4. The normalized spacial score (nSPS) is 11.8. The van der Waals surface area contributed by atoms with Gasteiger partial charge in [0.2, 0.25) is 0 Å². The minimum absolute atomic E-state index is 0.0586. The Bertz CT molecular complexity index is 783. The summed E-state index contributed by atoms with van der Waals surface area (Å²) in [5.74, 6) is -1.28. The molecule has 3 N–H and O–H groups in total. The van der Waals surface area contributed by atoms with Gasteiger partial charge in [-0.05, 0) is 25.5 Å². The van der Waals surface area contributed by atoms with Crippen molar-refractivity contribution in [2.75, 3.05) is 6.61 Å². The van der Waals surface area contributed by atoms with E-state index in [4.69, 9.17) is 9.15 Å². The maximum Gasteiger partial charge on any atom is 0.321 e. The number of furan rings is 1. The molecule has 2 aromatic rings. The monoisotopic (exact) mass is 348 g/mol. The maximum absolute atomic E-state index is 11.8. The van der Waals surface area contributed by atoms with Crippen LogP contribution in [0, 0.1) is 0 Å². The first-order valence-corrected chi connectivity index (χ1v) is 7.84. The van der Waals surface area contributed by atoms with Gasteiger partial charge in [-0.2, -0.15) is 0 Å². The first-order chi connectivity index (χ1) is 11.9. The van der Waals surface area contributed by atoms with Gasteiger partial charge in [-0.1, -0.05) is 6.92 Å². The van der Waals surface area contributed by atoms with Crippen molar-refractivity contribution in [2.24, 2.45) is 0 Å². The van der Waals surface area contributed by atoms with Gasteiger partial charge in [-0.25, -0.2) is 4.79 Å². The lowest BCUT2D eigenvalue weighted by atomic mass is 10.1. The topological polar surface area (TPSA) is 118 Å². The van der Waals surface area contributed by atoms with Gasteiger partial charge in [0.25, 0.3) is 5.91 Å². The zero-order valence-electron chi connectivity index (χ0n) is 14.0. The Hall–Kier alpha value is -3.03. The zero-order valence-corrected chi connectivity index (χ0v) is 14.0. The lowest BCUT2D eigenvalue weighted by Crippen LogP contribution is -2.44. The third-order valence-electron chi connectivity index (χ3n) is 3.58. The Labute approximate surface area is 144 Å². The number of benzene rings is 1. The number of esters is 1. The summed E-state index contributed by atoms with van der Waals surface area (Å²) in [7, 11) is 0. The van der Waals surface area contributed by atoms with Gasteiger partial charge in [-0.15, -0.1) is 0 Å². The lowest BCUT2D eigenvalue weighted by Gasteiger charge is -2.11. The van der Waals surface area contributed by atoms with Crippen molar-refractivity contribution in [1.29, 1.82) is 0 Å². The van der Waals surface area contributed by atoms with Crippen LogP contribution in [-0.2, 0) is 20.7 Å². The number of phenolic OH excluding ortho intramolecular Hbond substituents is 1. The highest BCUT2D eigenvalue weighted by Gasteiger charge is 2.15. The van der Waals surface area contributed by atoms with Crippen LogP contribution in [0.3, 0.4) is 0 Å². The highest BCUT2D eigenvalue weighted by Crippen LogP contribution is 2.25. The molecule has 0 saturated heterocycles. The van der Waals surface area contributed by atoms with Crippen molar-refractivity contribution in [3.8, 4) is 5.75 Å². The predicted molar refractivity (Wildman–Crippen MR) is 89.0 cm³/mol. The molecule has 0 spiro atoms. The van der Waals surface area contributed by atoms with Crippen LogP contribution in [0.2, 0.25) is 0 Å². The molecule has 0 saturated carbocycles. The molecule has 0 unspecified atom stereocenters. The van der Waals surface area contributed by atoms with E-state index in [2.05, 4.69) is 10.6 Å². The number of urea groups is 1. The Balaban J connectivity index is 1.82. The smallest absolute Gasteiger partial charge is 0.321 e. The number of phenols is 1. The highest BCUT2D eigenvalue weighted by atomic mass is 16.5. The molecule has 25 heavy (non-hydrogen) atoms. The second kappa shape index (κ2) is 8.18. The van der Waals surface area contributed by atoms with Gasteiger partial charge in [0.05, 0.1) is 12.7 Å². The van der Waals surface area contributed by atoms with Gasteiger partial charge in [0.15, 0.2) is 6.61 Å². The number of rotatable bonds is 6. The predicted octanol–water partition coefficient (Wildman–Crippen LogP) is 1.85. The van der Waals surface area contributed by atoms with E-state index in [1.54, 1.807) is 13.0 Å². The molecule has 0 aliphatic heterocycles. The van der Waals surface area contributed by atoms with E-state index in [1.807, 2.05) is 6.92 Å². The van der Waals surface area contributed by atoms with E-state index in [1.165, 1.54) is 18.4 Å². The molecule has 0 aliphatic carbocycles. The molecule has 0 fully saturated rings. The first kappa shape index (κ1) is 18.3. The molecule has 134 valence electrons. The van der Waals surface area contributed by atoms with Crippen LogP contribution in [0.25, 0.3) is 11.0 Å². The number of nitrogens with one attached hydrogen (secondary N) is 2. The van der Waals surface area contributed by atoms with E-state index in [0.29, 0.717) is 16.5 Å². The largest absolute Gasteiger partial charge is 0.508 e. The first-order valence-electron chi connectivity index (χ1n) is 7.84. The average molecular weight is 348 g/mol. The van der Waals surface area contributed by atoms with Crippen LogP contribution in [0.5, 0.6) is 5.75 Å². The lowest BCUT2D eigenvalue weighted by molar-refractivity contribution is -0.147. The van der Waals surface area contributed by atoms with Crippen molar-refractivity contribution in [3.05, 3.63) is 30.0 Å². The summed E-state index contributed by atoms with van der Waals surface area (Å²) in [6.07, 6.45) is 2.03. The third kappa shape index (κ3) is 5.23. The molecule has 0 bridgehead atoms. The Morgan fingerprint density at radius 1 is 1.32 bits per heavy atom. The van der Waals surface area contributed by atoms with E-state index < -0.39 is 24.5 Å². The number of carbonyl (C=O) groups is 3. The molecule has 3 amide bonds. The number of aromatic hydroxyl groups is 1. The summed E-state index contributed by atoms with van der Waals surface area (Å²) < 4.78 is 10.1. The van der Waals surface area contributed by atoms with Gasteiger partial charge < -0.3 is 19.6 Å². The van der Waals surface area contributed by atoms with E-state index >= 15 is 0 Å². The molecule has 1 atom stereocenters. The van der Waals surface area contributed by atoms with E-state index in [0.717, 1.165) is 6.42 Å². The minimum atomic E-state index is -0.712. The third-order valence-corrected chi connectivity index (χ3v) is 3.58. The fraction of sp³-hybridized carbons (Fsp3) is 0.353. The molecule has 8 nitrogen and oxygen atoms in total. The minimum Gasteiger partial charge on any atom is -0.508 e. The van der Waals surface area contributed by atoms with Crippen molar-refractivity contribution in [1.82, 2.24) is 10.6 Å².